The van der Waals surface area contributed by atoms with Crippen LogP contribution in [0.4, 0.5) is 0 Å². The lowest BCUT2D eigenvalue weighted by atomic mass is 9.98. The molecule has 0 saturated heterocycles. The Labute approximate surface area is 176 Å². The molecule has 1 heterocycles. The second kappa shape index (κ2) is 8.82. The molecule has 0 saturated carbocycles. The van der Waals surface area contributed by atoms with Gasteiger partial charge in [-0.1, -0.05) is 11.6 Å². The number of hydrogen-bond donors (Lipinski definition) is 0. The van der Waals surface area contributed by atoms with Gasteiger partial charge in [0.15, 0.2) is 5.78 Å². The van der Waals surface area contributed by atoms with Gasteiger partial charge in [0.05, 0.1) is 13.2 Å². The second-order valence-electron chi connectivity index (χ2n) is 7.34. The minimum absolute atomic E-state index is 0.207. The molecular weight excluding hydrogens is 392 g/mol. The third kappa shape index (κ3) is 4.22. The number of amides is 1. The fourth-order valence-corrected chi connectivity index (χ4v) is 3.79. The third-order valence-corrected chi connectivity index (χ3v) is 5.49. The molecule has 1 aromatic heterocycles. The molecule has 0 aliphatic rings. The van der Waals surface area contributed by atoms with E-state index < -0.39 is 12.0 Å². The number of benzene rings is 1. The van der Waals surface area contributed by atoms with Gasteiger partial charge in [-0.2, -0.15) is 0 Å². The molecule has 7 heteroatoms. The molecule has 1 unspecified atom stereocenters. The molecular formula is C22H27ClN2O4. The van der Waals surface area contributed by atoms with Crippen LogP contribution in [0.1, 0.15) is 63.2 Å². The topological polar surface area (TPSA) is 68.6 Å². The van der Waals surface area contributed by atoms with Crippen molar-refractivity contribution in [2.24, 2.45) is 7.05 Å². The summed E-state index contributed by atoms with van der Waals surface area (Å²) in [7, 11) is 3.02. The number of methoxy groups -OCH3 is 1. The maximum absolute atomic E-state index is 13.4. The average molecular weight is 419 g/mol. The maximum Gasteiger partial charge on any atom is 0.354 e. The summed E-state index contributed by atoms with van der Waals surface area (Å²) >= 11 is 5.92. The Hall–Kier alpha value is -2.60. The lowest BCUT2D eigenvalue weighted by Crippen LogP contribution is -2.47. The van der Waals surface area contributed by atoms with Crippen LogP contribution < -0.4 is 0 Å². The number of ether oxygens (including phenoxy) is 1. The van der Waals surface area contributed by atoms with Crippen molar-refractivity contribution in [1.82, 2.24) is 9.47 Å². The van der Waals surface area contributed by atoms with Gasteiger partial charge in [-0.3, -0.25) is 9.59 Å². The molecule has 0 aliphatic carbocycles. The SMILES string of the molecule is COC(=O)c1c(C)c(C(=O)C(C)N(C(=O)c2ccc(Cl)cc2)C(C)C)c(C)n1C. The first kappa shape index (κ1) is 22.7. The molecule has 0 radical (unpaired) electrons. The molecule has 1 atom stereocenters. The van der Waals surface area contributed by atoms with Crippen LogP contribution in [0.25, 0.3) is 0 Å². The van der Waals surface area contributed by atoms with Gasteiger partial charge < -0.3 is 14.2 Å². The van der Waals surface area contributed by atoms with Crippen LogP contribution in [-0.4, -0.2) is 46.3 Å². The monoisotopic (exact) mass is 418 g/mol. The van der Waals surface area contributed by atoms with Crippen LogP contribution in [0.2, 0.25) is 5.02 Å². The summed E-state index contributed by atoms with van der Waals surface area (Å²) in [5.74, 6) is -0.975. The van der Waals surface area contributed by atoms with Crippen molar-refractivity contribution in [2.45, 2.75) is 46.7 Å². The summed E-state index contributed by atoms with van der Waals surface area (Å²) in [4.78, 5) is 40.2. The molecule has 29 heavy (non-hydrogen) atoms. The van der Waals surface area contributed by atoms with Gasteiger partial charge in [0, 0.05) is 34.9 Å². The van der Waals surface area contributed by atoms with E-state index in [1.807, 2.05) is 13.8 Å². The highest BCUT2D eigenvalue weighted by molar-refractivity contribution is 6.30. The molecule has 0 fully saturated rings. The number of nitrogens with zero attached hydrogens (tertiary/aromatic N) is 2. The van der Waals surface area contributed by atoms with Crippen LogP contribution in [0.3, 0.4) is 0 Å². The van der Waals surface area contributed by atoms with Crippen LogP contribution in [0.5, 0.6) is 0 Å². The zero-order valence-electron chi connectivity index (χ0n) is 17.9. The Balaban J connectivity index is 2.47. The minimum atomic E-state index is -0.719. The zero-order valence-corrected chi connectivity index (χ0v) is 18.6. The van der Waals surface area contributed by atoms with Gasteiger partial charge in [-0.05, 0) is 64.4 Å². The van der Waals surface area contributed by atoms with Gasteiger partial charge in [0.25, 0.3) is 5.91 Å². The second-order valence-corrected chi connectivity index (χ2v) is 7.77. The van der Waals surface area contributed by atoms with Gasteiger partial charge in [-0.25, -0.2) is 4.79 Å². The summed E-state index contributed by atoms with van der Waals surface area (Å²) in [5, 5.41) is 0.535. The minimum Gasteiger partial charge on any atom is -0.464 e. The number of esters is 1. The Morgan fingerprint density at radius 1 is 1.07 bits per heavy atom. The van der Waals surface area contributed by atoms with Crippen molar-refractivity contribution in [2.75, 3.05) is 7.11 Å². The summed E-state index contributed by atoms with van der Waals surface area (Å²) in [6, 6.07) is 5.66. The van der Waals surface area contributed by atoms with E-state index in [4.69, 9.17) is 16.3 Å². The predicted octanol–water partition coefficient (Wildman–Crippen LogP) is 4.20. The van der Waals surface area contributed by atoms with E-state index in [-0.39, 0.29) is 17.7 Å². The highest BCUT2D eigenvalue weighted by Gasteiger charge is 2.33. The van der Waals surface area contributed by atoms with E-state index in [1.54, 1.807) is 61.6 Å². The van der Waals surface area contributed by atoms with Gasteiger partial charge in [0.2, 0.25) is 0 Å². The number of carbonyl (C=O) groups is 3. The molecule has 1 aromatic carbocycles. The van der Waals surface area contributed by atoms with Gasteiger partial charge in [-0.15, -0.1) is 0 Å². The van der Waals surface area contributed by atoms with Crippen LogP contribution in [-0.2, 0) is 11.8 Å². The first-order chi connectivity index (χ1) is 13.5. The molecule has 2 aromatic rings. The first-order valence-corrected chi connectivity index (χ1v) is 9.77. The zero-order chi connectivity index (χ0) is 22.0. The molecule has 1 amide bonds. The van der Waals surface area contributed by atoms with E-state index in [9.17, 15) is 14.4 Å². The highest BCUT2D eigenvalue weighted by Crippen LogP contribution is 2.26. The number of aromatic nitrogens is 1. The normalized spacial score (nSPS) is 12.0. The van der Waals surface area contributed by atoms with E-state index in [2.05, 4.69) is 0 Å². The summed E-state index contributed by atoms with van der Waals surface area (Å²) < 4.78 is 6.51. The smallest absolute Gasteiger partial charge is 0.354 e. The number of hydrogen-bond acceptors (Lipinski definition) is 4. The Kier molecular flexibility index (Phi) is 6.90. The standard InChI is InChI=1S/C22H27ClN2O4/c1-12(2)25(21(27)16-8-10-17(23)11-9-16)15(5)20(26)18-13(3)19(22(28)29-7)24(6)14(18)4/h8-12,15H,1-7H3. The van der Waals surface area contributed by atoms with Crippen molar-refractivity contribution in [3.8, 4) is 0 Å². The van der Waals surface area contributed by atoms with Gasteiger partial charge >= 0.3 is 5.97 Å². The van der Waals surface area contributed by atoms with E-state index in [1.165, 1.54) is 7.11 Å². The fourth-order valence-electron chi connectivity index (χ4n) is 3.66. The van der Waals surface area contributed by atoms with Crippen molar-refractivity contribution >= 4 is 29.3 Å². The Bertz CT molecular complexity index is 945. The number of halogens is 1. The summed E-state index contributed by atoms with van der Waals surface area (Å²) in [6.45, 7) is 8.93. The predicted molar refractivity (Wildman–Crippen MR) is 113 cm³/mol. The first-order valence-electron chi connectivity index (χ1n) is 9.39. The largest absolute Gasteiger partial charge is 0.464 e. The molecule has 6 nitrogen and oxygen atoms in total. The molecule has 156 valence electrons. The number of carbonyl (C=O) groups excluding carboxylic acids is 3. The molecule has 0 spiro atoms. The van der Waals surface area contributed by atoms with Crippen molar-refractivity contribution in [3.05, 3.63) is 57.4 Å². The molecule has 2 rings (SSSR count). The van der Waals surface area contributed by atoms with Crippen molar-refractivity contribution < 1.29 is 19.1 Å². The maximum atomic E-state index is 13.4. The fraction of sp³-hybridized carbons (Fsp3) is 0.409. The summed E-state index contributed by atoms with van der Waals surface area (Å²) in [5.41, 5.74) is 2.44. The van der Waals surface area contributed by atoms with E-state index in [0.29, 0.717) is 33.1 Å². The van der Waals surface area contributed by atoms with Crippen LogP contribution >= 0.6 is 11.6 Å². The average Bonchev–Trinajstić information content (AvgIpc) is 2.89. The lowest BCUT2D eigenvalue weighted by Gasteiger charge is -2.32. The lowest BCUT2D eigenvalue weighted by molar-refractivity contribution is 0.0565. The Morgan fingerprint density at radius 3 is 2.10 bits per heavy atom. The molecule has 0 N–H and O–H groups in total. The van der Waals surface area contributed by atoms with Crippen molar-refractivity contribution in [3.63, 3.8) is 0 Å². The van der Waals surface area contributed by atoms with E-state index >= 15 is 0 Å². The van der Waals surface area contributed by atoms with Crippen molar-refractivity contribution in [1.29, 1.82) is 0 Å². The van der Waals surface area contributed by atoms with E-state index in [0.717, 1.165) is 0 Å². The van der Waals surface area contributed by atoms with Crippen LogP contribution in [0, 0.1) is 13.8 Å². The Morgan fingerprint density at radius 2 is 1.62 bits per heavy atom. The third-order valence-electron chi connectivity index (χ3n) is 5.23. The van der Waals surface area contributed by atoms with Crippen LogP contribution in [0.15, 0.2) is 24.3 Å². The highest BCUT2D eigenvalue weighted by atomic mass is 35.5. The number of rotatable bonds is 6. The number of ketones is 1. The molecule has 0 bridgehead atoms. The summed E-state index contributed by atoms with van der Waals surface area (Å²) in [6.07, 6.45) is 0. The molecule has 0 aliphatic heterocycles. The number of Topliss-reactive ketones (excluding diaryl/α,β-unsaturated/α-hetero) is 1. The quantitative estimate of drug-likeness (QED) is 0.520. The van der Waals surface area contributed by atoms with Gasteiger partial charge in [0.1, 0.15) is 5.69 Å².